The zero-order valence-corrected chi connectivity index (χ0v) is 14.4. The molecular weight excluding hydrogens is 292 g/mol. The van der Waals surface area contributed by atoms with Crippen LogP contribution in [0.25, 0.3) is 0 Å². The van der Waals surface area contributed by atoms with Gasteiger partial charge in [0.25, 0.3) is 0 Å². The largest absolute Gasteiger partial charge is 0.344 e. The van der Waals surface area contributed by atoms with E-state index in [4.69, 9.17) is 0 Å². The van der Waals surface area contributed by atoms with Crippen molar-refractivity contribution in [2.45, 2.75) is 32.7 Å². The van der Waals surface area contributed by atoms with Gasteiger partial charge in [0.2, 0.25) is 5.13 Å². The van der Waals surface area contributed by atoms with E-state index in [0.29, 0.717) is 0 Å². The zero-order chi connectivity index (χ0) is 15.6. The first kappa shape index (κ1) is 15.4. The van der Waals surface area contributed by atoms with E-state index < -0.39 is 0 Å². The maximum atomic E-state index is 4.39. The van der Waals surface area contributed by atoms with Crippen LogP contribution in [-0.2, 0) is 12.0 Å². The minimum absolute atomic E-state index is 0.0883. The van der Waals surface area contributed by atoms with Crippen molar-refractivity contribution in [3.63, 3.8) is 0 Å². The fourth-order valence-electron chi connectivity index (χ4n) is 2.59. The molecule has 0 amide bonds. The molecule has 1 aliphatic rings. The molecule has 4 nitrogen and oxygen atoms in total. The lowest BCUT2D eigenvalue weighted by molar-refractivity contribution is 0.249. The molecule has 5 heteroatoms. The first-order chi connectivity index (χ1) is 10.5. The fraction of sp³-hybridized carbons (Fsp3) is 0.529. The molecule has 118 valence electrons. The average Bonchev–Trinajstić information content (AvgIpc) is 2.99. The van der Waals surface area contributed by atoms with Gasteiger partial charge in [0, 0.05) is 38.1 Å². The second-order valence-corrected chi connectivity index (χ2v) is 7.84. The van der Waals surface area contributed by atoms with E-state index in [0.717, 1.165) is 42.9 Å². The Labute approximate surface area is 136 Å². The van der Waals surface area contributed by atoms with Crippen LogP contribution < -0.4 is 4.90 Å². The molecule has 1 aromatic carbocycles. The van der Waals surface area contributed by atoms with E-state index >= 15 is 0 Å². The lowest BCUT2D eigenvalue weighted by atomic mass is 9.98. The molecule has 0 radical (unpaired) electrons. The van der Waals surface area contributed by atoms with Gasteiger partial charge in [-0.25, -0.2) is 0 Å². The Morgan fingerprint density at radius 2 is 1.68 bits per heavy atom. The van der Waals surface area contributed by atoms with Crippen molar-refractivity contribution in [1.82, 2.24) is 15.1 Å². The summed E-state index contributed by atoms with van der Waals surface area (Å²) in [5, 5.41) is 10.9. The van der Waals surface area contributed by atoms with Crippen molar-refractivity contribution < 1.29 is 0 Å². The van der Waals surface area contributed by atoms with Crippen molar-refractivity contribution >= 4 is 16.5 Å². The summed E-state index contributed by atoms with van der Waals surface area (Å²) in [4.78, 5) is 4.88. The standard InChI is InChI=1S/C17H24N4S/c1-17(2,3)15-18-19-16(22-15)21-11-9-20(10-12-21)13-14-7-5-4-6-8-14/h4-8H,9-13H2,1-3H3. The van der Waals surface area contributed by atoms with Crippen LogP contribution in [0.5, 0.6) is 0 Å². The summed E-state index contributed by atoms with van der Waals surface area (Å²) >= 11 is 1.74. The molecule has 0 unspecified atom stereocenters. The van der Waals surface area contributed by atoms with Gasteiger partial charge in [0.05, 0.1) is 0 Å². The van der Waals surface area contributed by atoms with Gasteiger partial charge >= 0.3 is 0 Å². The van der Waals surface area contributed by atoms with E-state index in [1.54, 1.807) is 11.3 Å². The zero-order valence-electron chi connectivity index (χ0n) is 13.6. The highest BCUT2D eigenvalue weighted by molar-refractivity contribution is 7.15. The molecule has 2 aromatic rings. The number of anilines is 1. The summed E-state index contributed by atoms with van der Waals surface area (Å²) in [5.74, 6) is 0. The summed E-state index contributed by atoms with van der Waals surface area (Å²) in [6, 6.07) is 10.7. The van der Waals surface area contributed by atoms with Gasteiger partial charge in [-0.15, -0.1) is 10.2 Å². The molecule has 1 saturated heterocycles. The Bertz CT molecular complexity index is 595. The van der Waals surface area contributed by atoms with Crippen molar-refractivity contribution in [1.29, 1.82) is 0 Å². The highest BCUT2D eigenvalue weighted by Crippen LogP contribution is 2.30. The molecule has 0 N–H and O–H groups in total. The molecule has 0 saturated carbocycles. The second-order valence-electron chi connectivity index (χ2n) is 6.89. The van der Waals surface area contributed by atoms with Gasteiger partial charge in [-0.3, -0.25) is 4.90 Å². The second kappa shape index (κ2) is 6.34. The van der Waals surface area contributed by atoms with Crippen LogP contribution in [0.2, 0.25) is 0 Å². The maximum Gasteiger partial charge on any atom is 0.208 e. The van der Waals surface area contributed by atoms with Crippen LogP contribution in [0.15, 0.2) is 30.3 Å². The van der Waals surface area contributed by atoms with E-state index in [9.17, 15) is 0 Å². The molecule has 0 bridgehead atoms. The molecule has 22 heavy (non-hydrogen) atoms. The van der Waals surface area contributed by atoms with Crippen molar-refractivity contribution in [2.75, 3.05) is 31.1 Å². The molecule has 1 aliphatic heterocycles. The van der Waals surface area contributed by atoms with E-state index in [-0.39, 0.29) is 5.41 Å². The Morgan fingerprint density at radius 3 is 2.27 bits per heavy atom. The monoisotopic (exact) mass is 316 g/mol. The van der Waals surface area contributed by atoms with Gasteiger partial charge in [0.15, 0.2) is 0 Å². The predicted octanol–water partition coefficient (Wildman–Crippen LogP) is 3.16. The van der Waals surface area contributed by atoms with Gasteiger partial charge in [-0.1, -0.05) is 62.4 Å². The highest BCUT2D eigenvalue weighted by atomic mass is 32.1. The Hall–Kier alpha value is -1.46. The van der Waals surface area contributed by atoms with Crippen LogP contribution in [0.3, 0.4) is 0 Å². The van der Waals surface area contributed by atoms with Crippen molar-refractivity contribution in [3.8, 4) is 0 Å². The normalized spacial score (nSPS) is 17.0. The van der Waals surface area contributed by atoms with Crippen LogP contribution in [-0.4, -0.2) is 41.3 Å². The number of hydrogen-bond acceptors (Lipinski definition) is 5. The topological polar surface area (TPSA) is 32.3 Å². The minimum Gasteiger partial charge on any atom is -0.344 e. The molecule has 0 aliphatic carbocycles. The lowest BCUT2D eigenvalue weighted by Crippen LogP contribution is -2.45. The number of piperazine rings is 1. The number of rotatable bonds is 3. The number of hydrogen-bond donors (Lipinski definition) is 0. The van der Waals surface area contributed by atoms with E-state index in [1.807, 2.05) is 0 Å². The average molecular weight is 316 g/mol. The molecule has 3 rings (SSSR count). The Morgan fingerprint density at radius 1 is 1.00 bits per heavy atom. The lowest BCUT2D eigenvalue weighted by Gasteiger charge is -2.34. The smallest absolute Gasteiger partial charge is 0.208 e. The molecule has 0 spiro atoms. The Kier molecular flexibility index (Phi) is 4.45. The fourth-order valence-corrected chi connectivity index (χ4v) is 3.54. The number of nitrogens with zero attached hydrogens (tertiary/aromatic N) is 4. The number of benzene rings is 1. The van der Waals surface area contributed by atoms with Gasteiger partial charge in [0.1, 0.15) is 5.01 Å². The predicted molar refractivity (Wildman–Crippen MR) is 92.5 cm³/mol. The molecule has 1 aromatic heterocycles. The molecule has 2 heterocycles. The SMILES string of the molecule is CC(C)(C)c1nnc(N2CCN(Cc3ccccc3)CC2)s1. The van der Waals surface area contributed by atoms with E-state index in [1.165, 1.54) is 5.56 Å². The number of aromatic nitrogens is 2. The van der Waals surface area contributed by atoms with Crippen LogP contribution in [0.4, 0.5) is 5.13 Å². The quantitative estimate of drug-likeness (QED) is 0.871. The minimum atomic E-state index is 0.0883. The maximum absolute atomic E-state index is 4.39. The van der Waals surface area contributed by atoms with Crippen LogP contribution in [0, 0.1) is 0 Å². The Balaban J connectivity index is 1.56. The van der Waals surface area contributed by atoms with Crippen LogP contribution in [0.1, 0.15) is 31.3 Å². The van der Waals surface area contributed by atoms with E-state index in [2.05, 4.69) is 71.1 Å². The van der Waals surface area contributed by atoms with Crippen molar-refractivity contribution in [3.05, 3.63) is 40.9 Å². The summed E-state index contributed by atoms with van der Waals surface area (Å²) in [7, 11) is 0. The summed E-state index contributed by atoms with van der Waals surface area (Å²) in [6.07, 6.45) is 0. The highest BCUT2D eigenvalue weighted by Gasteiger charge is 2.24. The van der Waals surface area contributed by atoms with Crippen LogP contribution >= 0.6 is 11.3 Å². The summed E-state index contributed by atoms with van der Waals surface area (Å²) < 4.78 is 0. The molecule has 1 fully saturated rings. The summed E-state index contributed by atoms with van der Waals surface area (Å²) in [6.45, 7) is 11.8. The third-order valence-corrected chi connectivity index (χ3v) is 5.36. The molecular formula is C17H24N4S. The first-order valence-corrected chi connectivity index (χ1v) is 8.69. The van der Waals surface area contributed by atoms with Crippen molar-refractivity contribution in [2.24, 2.45) is 0 Å². The third-order valence-electron chi connectivity index (χ3n) is 3.95. The third kappa shape index (κ3) is 3.65. The van der Waals surface area contributed by atoms with Gasteiger partial charge in [-0.05, 0) is 5.56 Å². The van der Waals surface area contributed by atoms with Gasteiger partial charge in [-0.2, -0.15) is 0 Å². The van der Waals surface area contributed by atoms with Gasteiger partial charge < -0.3 is 4.90 Å². The summed E-state index contributed by atoms with van der Waals surface area (Å²) in [5.41, 5.74) is 1.48. The molecule has 0 atom stereocenters. The first-order valence-electron chi connectivity index (χ1n) is 7.87.